The third-order valence-electron chi connectivity index (χ3n) is 9.34. The largest absolute Gasteiger partial charge is 0.530 e. The predicted octanol–water partition coefficient (Wildman–Crippen LogP) is 11.7. The second-order valence-corrected chi connectivity index (χ2v) is 15.6. The molecule has 0 aromatic heterocycles. The summed E-state index contributed by atoms with van der Waals surface area (Å²) in [6.07, 6.45) is 0. The van der Waals surface area contributed by atoms with Crippen molar-refractivity contribution in [1.29, 1.82) is 0 Å². The van der Waals surface area contributed by atoms with Crippen LogP contribution >= 0.6 is 17.2 Å². The van der Waals surface area contributed by atoms with Crippen molar-refractivity contribution in [3.63, 3.8) is 0 Å². The van der Waals surface area contributed by atoms with Gasteiger partial charge in [0.05, 0.1) is 63.9 Å². The number of carbonyl (C=O) groups excluding carboxylic acids is 3. The van der Waals surface area contributed by atoms with E-state index in [1.165, 1.54) is 54.4 Å². The molecule has 0 saturated carbocycles. The minimum absolute atomic E-state index is 0.0354. The van der Waals surface area contributed by atoms with E-state index >= 15 is 0 Å². The molecular weight excluding hydrogens is 890 g/mol. The Labute approximate surface area is 385 Å². The number of carbonyl (C=O) groups is 3. The average Bonchev–Trinajstić information content (AvgIpc) is 3.32. The maximum Gasteiger partial charge on any atom is 0.530 e. The molecule has 15 nitrogen and oxygen atoms in total. The second-order valence-electron chi connectivity index (χ2n) is 13.6. The molecule has 344 valence electrons. The first-order chi connectivity index (χ1) is 32.0. The number of rotatable bonds is 24. The van der Waals surface area contributed by atoms with E-state index in [1.54, 1.807) is 109 Å². The molecule has 0 atom stereocenters. The van der Waals surface area contributed by atoms with Gasteiger partial charge in [-0.25, -0.2) is 0 Å². The smallest absolute Gasteiger partial charge is 0.497 e. The molecule has 0 aliphatic carbocycles. The van der Waals surface area contributed by atoms with Crippen molar-refractivity contribution in [3.05, 3.63) is 144 Å². The lowest BCUT2D eigenvalue weighted by atomic mass is 10.0. The van der Waals surface area contributed by atoms with E-state index in [-0.39, 0.29) is 68.3 Å². The Bertz CT molecular complexity index is 2530. The molecule has 0 unspecified atom stereocenters. The van der Waals surface area contributed by atoms with Crippen LogP contribution in [0.25, 0.3) is 0 Å². The van der Waals surface area contributed by atoms with Crippen LogP contribution in [0.4, 0.5) is 0 Å². The molecule has 0 aliphatic heterocycles. The fraction of sp³-hybridized carbons (Fsp3) is 0.204. The zero-order valence-corrected chi connectivity index (χ0v) is 39.3. The number of ketones is 3. The maximum atomic E-state index is 14.9. The minimum Gasteiger partial charge on any atom is -0.497 e. The summed E-state index contributed by atoms with van der Waals surface area (Å²) in [5, 5.41) is 0. The van der Waals surface area contributed by atoms with E-state index < -0.39 is 23.0 Å². The van der Waals surface area contributed by atoms with Gasteiger partial charge in [0.15, 0.2) is 34.6 Å². The highest BCUT2D eigenvalue weighted by atomic mass is 31.2. The summed E-state index contributed by atoms with van der Waals surface area (Å²) >= 11 is 0. The van der Waals surface area contributed by atoms with Crippen LogP contribution in [0.1, 0.15) is 64.3 Å². The van der Waals surface area contributed by atoms with Crippen LogP contribution < -0.4 is 55.6 Å². The monoisotopic (exact) mass is 938 g/mol. The molecule has 0 amide bonds. The van der Waals surface area contributed by atoms with E-state index in [1.807, 2.05) is 13.8 Å². The molecule has 66 heavy (non-hydrogen) atoms. The van der Waals surface area contributed by atoms with E-state index in [2.05, 4.69) is 0 Å². The third-order valence-corrected chi connectivity index (χ3v) is 11.4. The molecule has 0 bridgehead atoms. The van der Waals surface area contributed by atoms with Gasteiger partial charge < -0.3 is 55.6 Å². The third kappa shape index (κ3) is 12.1. The number of hydrogen-bond donors (Lipinski definition) is 0. The molecule has 0 fully saturated rings. The van der Waals surface area contributed by atoms with Crippen molar-refractivity contribution in [2.75, 3.05) is 41.7 Å². The lowest BCUT2D eigenvalue weighted by Crippen LogP contribution is -2.11. The lowest BCUT2D eigenvalue weighted by Gasteiger charge is -2.23. The lowest BCUT2D eigenvalue weighted by molar-refractivity contribution is 0.100. The van der Waals surface area contributed by atoms with Gasteiger partial charge in [0.25, 0.3) is 0 Å². The van der Waals surface area contributed by atoms with E-state index in [9.17, 15) is 14.4 Å². The predicted molar refractivity (Wildman–Crippen MR) is 248 cm³/mol. The highest BCUT2D eigenvalue weighted by molar-refractivity contribution is 7.43. The van der Waals surface area contributed by atoms with Crippen LogP contribution in [0.15, 0.2) is 121 Å². The molecule has 0 saturated heterocycles. The van der Waals surface area contributed by atoms with E-state index in [0.29, 0.717) is 47.7 Å². The maximum absolute atomic E-state index is 14.9. The van der Waals surface area contributed by atoms with Crippen molar-refractivity contribution >= 4 is 34.6 Å². The molecule has 0 spiro atoms. The first-order valence-corrected chi connectivity index (χ1v) is 22.6. The molecule has 0 radical (unpaired) electrons. The van der Waals surface area contributed by atoms with Crippen molar-refractivity contribution in [3.8, 4) is 69.0 Å². The summed E-state index contributed by atoms with van der Waals surface area (Å²) in [4.78, 5) is 40.5. The van der Waals surface area contributed by atoms with Crippen molar-refractivity contribution < 1.29 is 69.9 Å². The van der Waals surface area contributed by atoms with Crippen molar-refractivity contribution in [2.45, 2.75) is 27.7 Å². The Kier molecular flexibility index (Phi) is 16.9. The summed E-state index contributed by atoms with van der Waals surface area (Å²) in [6.45, 7) is 7.10. The van der Waals surface area contributed by atoms with Gasteiger partial charge in [-0.3, -0.25) is 14.4 Å². The van der Waals surface area contributed by atoms with Crippen LogP contribution in [0.3, 0.4) is 0 Å². The number of methoxy groups -OCH3 is 4. The molecular formula is C49H48O15P2. The SMILES string of the molecule is CCOc1ccc(OC)cc1OP(Oc1cc(OC)ccc1OCC)Oc1ccccc1C(=O)c1ccccc1OP(Oc1cc(OC)ccc1C(C)=O)Oc1cc(OC)ccc1C(C)=O. The Morgan fingerprint density at radius 1 is 0.379 bits per heavy atom. The zero-order chi connectivity index (χ0) is 47.2. The Balaban J connectivity index is 1.41. The van der Waals surface area contributed by atoms with Crippen LogP contribution in [0.2, 0.25) is 0 Å². The molecule has 6 rings (SSSR count). The first kappa shape index (κ1) is 48.3. The van der Waals surface area contributed by atoms with Crippen LogP contribution in [0, 0.1) is 0 Å². The first-order valence-electron chi connectivity index (χ1n) is 20.4. The van der Waals surface area contributed by atoms with Crippen LogP contribution in [-0.2, 0) is 0 Å². The van der Waals surface area contributed by atoms with E-state index in [4.69, 9.17) is 55.6 Å². The van der Waals surface area contributed by atoms with Gasteiger partial charge >= 0.3 is 17.2 Å². The molecule has 17 heteroatoms. The van der Waals surface area contributed by atoms with Gasteiger partial charge in [0.2, 0.25) is 5.78 Å². The number of ether oxygens (including phenoxy) is 6. The Morgan fingerprint density at radius 3 is 1.05 bits per heavy atom. The van der Waals surface area contributed by atoms with Crippen molar-refractivity contribution in [2.24, 2.45) is 0 Å². The second kappa shape index (κ2) is 23.1. The molecule has 0 heterocycles. The van der Waals surface area contributed by atoms with Gasteiger partial charge in [-0.1, -0.05) is 24.3 Å². The van der Waals surface area contributed by atoms with E-state index in [0.717, 1.165) is 0 Å². The topological polar surface area (TPSA) is 162 Å². The number of Topliss-reactive ketones (excluding diaryl/α,β-unsaturated/α-hetero) is 2. The highest BCUT2D eigenvalue weighted by Gasteiger charge is 2.31. The summed E-state index contributed by atoms with van der Waals surface area (Å²) in [6, 6.07) is 32.4. The van der Waals surface area contributed by atoms with Gasteiger partial charge in [0.1, 0.15) is 46.0 Å². The highest BCUT2D eigenvalue weighted by Crippen LogP contribution is 2.50. The number of para-hydroxylation sites is 2. The average molecular weight is 939 g/mol. The fourth-order valence-electron chi connectivity index (χ4n) is 6.12. The number of hydrogen-bond acceptors (Lipinski definition) is 15. The molecule has 0 N–H and O–H groups in total. The van der Waals surface area contributed by atoms with Gasteiger partial charge in [-0.2, -0.15) is 0 Å². The minimum atomic E-state index is -2.60. The summed E-state index contributed by atoms with van der Waals surface area (Å²) in [5.41, 5.74) is 0.583. The number of benzene rings is 6. The summed E-state index contributed by atoms with van der Waals surface area (Å²) < 4.78 is 72.2. The van der Waals surface area contributed by atoms with Crippen LogP contribution in [-0.4, -0.2) is 59.0 Å². The fourth-order valence-corrected chi connectivity index (χ4v) is 8.21. The summed E-state index contributed by atoms with van der Waals surface area (Å²) in [7, 11) is 0.929. The van der Waals surface area contributed by atoms with Gasteiger partial charge in [-0.05, 0) is 100 Å². The normalized spacial score (nSPS) is 10.7. The quantitative estimate of drug-likeness (QED) is 0.0416. The van der Waals surface area contributed by atoms with Crippen LogP contribution in [0.5, 0.6) is 69.0 Å². The molecule has 0 aliphatic rings. The molecule has 6 aromatic carbocycles. The summed E-state index contributed by atoms with van der Waals surface area (Å²) in [5.74, 6) is 2.11. The standard InChI is InChI=1S/C49H48O15P2/c1-9-57-43-25-21-35(55-7)29-47(43)63-66(64-48-30-36(56-8)22-26-44(48)58-10-2)60-42-18-14-12-16-40(42)49(52)39-15-11-13-17-41(39)59-65(61-45-27-33(53-5)19-23-37(45)31(3)50)62-46-28-34(54-6)20-24-38(46)32(4)51/h11-30H,9-10H2,1-8H3. The van der Waals surface area contributed by atoms with Crippen molar-refractivity contribution in [1.82, 2.24) is 0 Å². The van der Waals surface area contributed by atoms with Gasteiger partial charge in [0, 0.05) is 24.3 Å². The molecule has 6 aromatic rings. The zero-order valence-electron chi connectivity index (χ0n) is 37.5. The Morgan fingerprint density at radius 2 is 0.697 bits per heavy atom. The van der Waals surface area contributed by atoms with Gasteiger partial charge in [-0.15, -0.1) is 0 Å². The Hall–Kier alpha value is -7.21.